The molecule has 25 heavy (non-hydrogen) atoms. The molecule has 2 rings (SSSR count). The Bertz CT molecular complexity index is 719. The van der Waals surface area contributed by atoms with E-state index in [4.69, 9.17) is 9.47 Å². The molecule has 2 aromatic rings. The van der Waals surface area contributed by atoms with Gasteiger partial charge in [0.15, 0.2) is 0 Å². The summed E-state index contributed by atoms with van der Waals surface area (Å²) < 4.78 is 10.4. The van der Waals surface area contributed by atoms with Crippen LogP contribution in [0.4, 0.5) is 0 Å². The number of ether oxygens (including phenoxy) is 2. The zero-order valence-electron chi connectivity index (χ0n) is 13.9. The molecule has 0 fully saturated rings. The van der Waals surface area contributed by atoms with E-state index in [9.17, 15) is 14.7 Å². The molecular weight excluding hydrogens is 324 g/mol. The lowest BCUT2D eigenvalue weighted by Crippen LogP contribution is -2.29. The number of hydrogen-bond donors (Lipinski definition) is 2. The summed E-state index contributed by atoms with van der Waals surface area (Å²) in [5.74, 6) is -1.76. The maximum absolute atomic E-state index is 12.1. The molecule has 1 aromatic carbocycles. The highest BCUT2D eigenvalue weighted by Crippen LogP contribution is 2.10. The van der Waals surface area contributed by atoms with Crippen LogP contribution in [0.3, 0.4) is 0 Å². The number of carbonyl (C=O) groups excluding carboxylic acids is 1. The van der Waals surface area contributed by atoms with Gasteiger partial charge in [-0.2, -0.15) is 0 Å². The number of aromatic nitrogens is 1. The molecule has 0 radical (unpaired) electrons. The Labute approximate surface area is 145 Å². The number of carbonyl (C=O) groups is 2. The number of aromatic carboxylic acids is 1. The van der Waals surface area contributed by atoms with Crippen molar-refractivity contribution < 1.29 is 24.2 Å². The minimum atomic E-state index is -1.21. The standard InChI is InChI=1S/C18H20N2O5/c1-24-11-14-9-15(18(22)23)16(20-10-14)17(21)19-7-8-25-12-13-5-3-2-4-6-13/h2-6,9-10H,7-8,11-12H2,1H3,(H,19,21)(H,22,23). The van der Waals surface area contributed by atoms with E-state index in [-0.39, 0.29) is 24.4 Å². The Kier molecular flexibility index (Phi) is 7.06. The molecule has 0 aliphatic heterocycles. The van der Waals surface area contributed by atoms with Gasteiger partial charge in [-0.25, -0.2) is 9.78 Å². The van der Waals surface area contributed by atoms with Gasteiger partial charge in [0.05, 0.1) is 25.4 Å². The molecule has 7 heteroatoms. The van der Waals surface area contributed by atoms with Gasteiger partial charge in [0.25, 0.3) is 5.91 Å². The van der Waals surface area contributed by atoms with Crippen molar-refractivity contribution in [3.63, 3.8) is 0 Å². The van der Waals surface area contributed by atoms with Crippen LogP contribution < -0.4 is 5.32 Å². The van der Waals surface area contributed by atoms with E-state index >= 15 is 0 Å². The lowest BCUT2D eigenvalue weighted by Gasteiger charge is -2.09. The predicted octanol–water partition coefficient (Wildman–Crippen LogP) is 1.87. The number of amides is 1. The molecule has 7 nitrogen and oxygen atoms in total. The molecule has 1 amide bonds. The molecule has 0 unspecified atom stereocenters. The molecule has 2 N–H and O–H groups in total. The Hall–Kier alpha value is -2.77. The van der Waals surface area contributed by atoms with Crippen molar-refractivity contribution in [1.82, 2.24) is 10.3 Å². The zero-order valence-corrected chi connectivity index (χ0v) is 13.9. The van der Waals surface area contributed by atoms with Gasteiger partial charge in [0, 0.05) is 19.9 Å². The van der Waals surface area contributed by atoms with E-state index in [0.29, 0.717) is 18.8 Å². The second kappa shape index (κ2) is 9.51. The fourth-order valence-electron chi connectivity index (χ4n) is 2.18. The number of carboxylic acids is 1. The number of benzene rings is 1. The van der Waals surface area contributed by atoms with Gasteiger partial charge in [-0.15, -0.1) is 0 Å². The Morgan fingerprint density at radius 3 is 2.60 bits per heavy atom. The van der Waals surface area contributed by atoms with Gasteiger partial charge in [-0.05, 0) is 17.2 Å². The smallest absolute Gasteiger partial charge is 0.338 e. The van der Waals surface area contributed by atoms with Crippen LogP contribution in [0.5, 0.6) is 0 Å². The third kappa shape index (κ3) is 5.66. The van der Waals surface area contributed by atoms with E-state index in [1.807, 2.05) is 30.3 Å². The van der Waals surface area contributed by atoms with Crippen molar-refractivity contribution in [3.05, 3.63) is 65.0 Å². The number of carboxylic acid groups (broad SMARTS) is 1. The summed E-state index contributed by atoms with van der Waals surface area (Å²) >= 11 is 0. The number of rotatable bonds is 9. The van der Waals surface area contributed by atoms with Crippen LogP contribution in [0.2, 0.25) is 0 Å². The second-order valence-corrected chi connectivity index (χ2v) is 5.27. The van der Waals surface area contributed by atoms with Gasteiger partial charge < -0.3 is 19.9 Å². The highest BCUT2D eigenvalue weighted by molar-refractivity contribution is 6.03. The first kappa shape index (κ1) is 18.6. The van der Waals surface area contributed by atoms with Crippen molar-refractivity contribution in [3.8, 4) is 0 Å². The van der Waals surface area contributed by atoms with E-state index in [0.717, 1.165) is 5.56 Å². The summed E-state index contributed by atoms with van der Waals surface area (Å²) in [4.78, 5) is 27.4. The molecule has 0 aliphatic rings. The first-order valence-corrected chi connectivity index (χ1v) is 7.73. The third-order valence-electron chi connectivity index (χ3n) is 3.34. The van der Waals surface area contributed by atoms with E-state index < -0.39 is 11.9 Å². The maximum atomic E-state index is 12.1. The molecule has 0 spiro atoms. The minimum Gasteiger partial charge on any atom is -0.478 e. The molecular formula is C18H20N2O5. The van der Waals surface area contributed by atoms with Gasteiger partial charge in [-0.1, -0.05) is 30.3 Å². The number of methoxy groups -OCH3 is 1. The summed E-state index contributed by atoms with van der Waals surface area (Å²) in [5.41, 5.74) is 1.34. The molecule has 1 heterocycles. The van der Waals surface area contributed by atoms with E-state index in [2.05, 4.69) is 10.3 Å². The average molecular weight is 344 g/mol. The molecule has 1 aromatic heterocycles. The lowest BCUT2D eigenvalue weighted by atomic mass is 10.1. The van der Waals surface area contributed by atoms with Crippen LogP contribution in [0.15, 0.2) is 42.6 Å². The van der Waals surface area contributed by atoms with Crippen LogP contribution in [0.1, 0.15) is 32.0 Å². The van der Waals surface area contributed by atoms with Crippen molar-refractivity contribution in [2.75, 3.05) is 20.3 Å². The van der Waals surface area contributed by atoms with Crippen LogP contribution in [0, 0.1) is 0 Å². The SMILES string of the molecule is COCc1cnc(C(=O)NCCOCc2ccccc2)c(C(=O)O)c1. The Balaban J connectivity index is 1.86. The van der Waals surface area contributed by atoms with Crippen molar-refractivity contribution in [1.29, 1.82) is 0 Å². The molecule has 0 saturated carbocycles. The first-order valence-electron chi connectivity index (χ1n) is 7.73. The third-order valence-corrected chi connectivity index (χ3v) is 3.34. The monoisotopic (exact) mass is 344 g/mol. The van der Waals surface area contributed by atoms with Crippen LogP contribution in [0.25, 0.3) is 0 Å². The topological polar surface area (TPSA) is 97.8 Å². The quantitative estimate of drug-likeness (QED) is 0.674. The number of nitrogens with zero attached hydrogens (tertiary/aromatic N) is 1. The molecule has 0 bridgehead atoms. The summed E-state index contributed by atoms with van der Waals surface area (Å²) in [7, 11) is 1.50. The maximum Gasteiger partial charge on any atom is 0.338 e. The lowest BCUT2D eigenvalue weighted by molar-refractivity contribution is 0.0688. The molecule has 0 saturated heterocycles. The summed E-state index contributed by atoms with van der Waals surface area (Å²) in [6, 6.07) is 11.1. The Morgan fingerprint density at radius 1 is 1.16 bits per heavy atom. The molecule has 0 atom stereocenters. The van der Waals surface area contributed by atoms with Crippen LogP contribution in [-0.2, 0) is 22.7 Å². The normalized spacial score (nSPS) is 10.4. The summed E-state index contributed by atoms with van der Waals surface area (Å²) in [6.07, 6.45) is 1.43. The average Bonchev–Trinajstić information content (AvgIpc) is 2.62. The minimum absolute atomic E-state index is 0.129. The highest BCUT2D eigenvalue weighted by Gasteiger charge is 2.18. The molecule has 0 aliphatic carbocycles. The second-order valence-electron chi connectivity index (χ2n) is 5.27. The summed E-state index contributed by atoms with van der Waals surface area (Å²) in [5, 5.41) is 11.9. The fourth-order valence-corrected chi connectivity index (χ4v) is 2.18. The Morgan fingerprint density at radius 2 is 1.92 bits per heavy atom. The predicted molar refractivity (Wildman–Crippen MR) is 90.3 cm³/mol. The van der Waals surface area contributed by atoms with Gasteiger partial charge in [0.2, 0.25) is 0 Å². The van der Waals surface area contributed by atoms with Crippen molar-refractivity contribution >= 4 is 11.9 Å². The number of pyridine rings is 1. The van der Waals surface area contributed by atoms with Crippen molar-refractivity contribution in [2.45, 2.75) is 13.2 Å². The van der Waals surface area contributed by atoms with Crippen molar-refractivity contribution in [2.24, 2.45) is 0 Å². The largest absolute Gasteiger partial charge is 0.478 e. The molecule has 132 valence electrons. The zero-order chi connectivity index (χ0) is 18.1. The van der Waals surface area contributed by atoms with E-state index in [1.165, 1.54) is 19.4 Å². The van der Waals surface area contributed by atoms with Gasteiger partial charge in [0.1, 0.15) is 5.69 Å². The number of hydrogen-bond acceptors (Lipinski definition) is 5. The highest BCUT2D eigenvalue weighted by atomic mass is 16.5. The van der Waals surface area contributed by atoms with Gasteiger partial charge >= 0.3 is 5.97 Å². The van der Waals surface area contributed by atoms with E-state index in [1.54, 1.807) is 0 Å². The van der Waals surface area contributed by atoms with Crippen LogP contribution in [-0.4, -0.2) is 42.2 Å². The fraction of sp³-hybridized carbons (Fsp3) is 0.278. The summed E-state index contributed by atoms with van der Waals surface area (Å²) in [6.45, 7) is 1.24. The number of nitrogens with one attached hydrogen (secondary N) is 1. The van der Waals surface area contributed by atoms with Crippen LogP contribution >= 0.6 is 0 Å². The van der Waals surface area contributed by atoms with Gasteiger partial charge in [-0.3, -0.25) is 4.79 Å². The first-order chi connectivity index (χ1) is 12.1.